The fraction of sp³-hybridized carbons (Fsp3) is 1.00. The summed E-state index contributed by atoms with van der Waals surface area (Å²) >= 11 is 0. The molecule has 18 heavy (non-hydrogen) atoms. The molecule has 0 bridgehead atoms. The Hall–Kier alpha value is -0.360. The van der Waals surface area contributed by atoms with Crippen LogP contribution in [0.4, 0.5) is 0 Å². The summed E-state index contributed by atoms with van der Waals surface area (Å²) in [5.74, 6) is 0. The van der Waals surface area contributed by atoms with Crippen LogP contribution >= 0.6 is 0 Å². The number of hydrogen-bond donors (Lipinski definition) is 6. The molecule has 0 amide bonds. The van der Waals surface area contributed by atoms with Crippen LogP contribution < -0.4 is 17.2 Å². The zero-order chi connectivity index (χ0) is 12.9. The van der Waals surface area contributed by atoms with Crippen LogP contribution in [0.25, 0.3) is 0 Å². The maximum atomic E-state index is 8.14. The number of aliphatic hydroxyl groups is 3. The van der Waals surface area contributed by atoms with E-state index in [0.717, 1.165) is 0 Å². The van der Waals surface area contributed by atoms with Crippen molar-refractivity contribution in [3.8, 4) is 0 Å². The first-order valence-corrected chi connectivity index (χ1v) is 5.12. The summed E-state index contributed by atoms with van der Waals surface area (Å²) in [6.45, 7) is 5.47. The second-order valence-electron chi connectivity index (χ2n) is 2.93. The van der Waals surface area contributed by atoms with Crippen molar-refractivity contribution in [1.29, 1.82) is 0 Å². The van der Waals surface area contributed by atoms with Gasteiger partial charge in [-0.05, 0) is 19.3 Å². The summed E-state index contributed by atoms with van der Waals surface area (Å²) in [6.07, 6.45) is 0.0694. The fourth-order valence-electron chi connectivity index (χ4n) is 0. The summed E-state index contributed by atoms with van der Waals surface area (Å²) in [5, 5.41) is 24.4. The van der Waals surface area contributed by atoms with Gasteiger partial charge < -0.3 is 48.9 Å². The molecule has 0 aromatic heterocycles. The largest absolute Gasteiger partial charge is 0.412 e. The highest BCUT2D eigenvalue weighted by atomic mass is 16.3. The molecule has 0 fully saturated rings. The van der Waals surface area contributed by atoms with Gasteiger partial charge in [0.2, 0.25) is 0 Å². The van der Waals surface area contributed by atoms with Crippen LogP contribution in [0.2, 0.25) is 0 Å². The van der Waals surface area contributed by atoms with E-state index < -0.39 is 18.7 Å². The molecule has 0 aromatic rings. The SMILES string of the molecule is CCC(N)O.CCC(N)O.CCC(N)O.O.O.O. The van der Waals surface area contributed by atoms with Crippen molar-refractivity contribution >= 4 is 0 Å². The molecule has 120 valence electrons. The molecule has 0 radical (unpaired) electrons. The summed E-state index contributed by atoms with van der Waals surface area (Å²) in [5.41, 5.74) is 14.5. The molecule has 0 aromatic carbocycles. The zero-order valence-corrected chi connectivity index (χ0v) is 11.4. The summed E-state index contributed by atoms with van der Waals surface area (Å²) in [4.78, 5) is 0. The molecule has 3 atom stereocenters. The number of rotatable bonds is 3. The van der Waals surface area contributed by atoms with E-state index in [1.807, 2.05) is 20.8 Å². The Morgan fingerprint density at radius 2 is 0.667 bits per heavy atom. The Kier molecular flexibility index (Phi) is 60.2. The van der Waals surface area contributed by atoms with E-state index in [1.54, 1.807) is 0 Å². The fourth-order valence-corrected chi connectivity index (χ4v) is 0. The molecular weight excluding hydrogens is 246 g/mol. The molecule has 9 heteroatoms. The van der Waals surface area contributed by atoms with Gasteiger partial charge in [-0.3, -0.25) is 0 Å². The molecular formula is C9H33N3O6. The van der Waals surface area contributed by atoms with Gasteiger partial charge in [-0.2, -0.15) is 0 Å². The Balaban J connectivity index is -0.0000000277. The van der Waals surface area contributed by atoms with E-state index in [-0.39, 0.29) is 16.4 Å². The van der Waals surface area contributed by atoms with Crippen LogP contribution in [0.15, 0.2) is 0 Å². The molecule has 0 aliphatic rings. The second kappa shape index (κ2) is 30.0. The van der Waals surface area contributed by atoms with Gasteiger partial charge in [0.15, 0.2) is 0 Å². The number of hydrogen-bond acceptors (Lipinski definition) is 6. The predicted molar refractivity (Wildman–Crippen MR) is 72.3 cm³/mol. The average Bonchev–Trinajstić information content (AvgIpc) is 2.19. The highest BCUT2D eigenvalue weighted by molar-refractivity contribution is 4.32. The van der Waals surface area contributed by atoms with Gasteiger partial charge in [0.05, 0.1) is 0 Å². The van der Waals surface area contributed by atoms with Crippen molar-refractivity contribution in [3.05, 3.63) is 0 Å². The Morgan fingerprint density at radius 3 is 0.667 bits per heavy atom. The van der Waals surface area contributed by atoms with Crippen molar-refractivity contribution < 1.29 is 31.7 Å². The van der Waals surface area contributed by atoms with Crippen molar-refractivity contribution in [2.24, 2.45) is 17.2 Å². The third-order valence-electron chi connectivity index (χ3n) is 1.25. The minimum absolute atomic E-state index is 0. The third kappa shape index (κ3) is 105. The van der Waals surface area contributed by atoms with Crippen molar-refractivity contribution in [1.82, 2.24) is 0 Å². The van der Waals surface area contributed by atoms with Gasteiger partial charge in [0.25, 0.3) is 0 Å². The van der Waals surface area contributed by atoms with Crippen LogP contribution in [0.3, 0.4) is 0 Å². The Morgan fingerprint density at radius 1 is 0.611 bits per heavy atom. The maximum absolute atomic E-state index is 8.14. The molecule has 0 aliphatic heterocycles. The minimum Gasteiger partial charge on any atom is -0.412 e. The maximum Gasteiger partial charge on any atom is 0.102 e. The quantitative estimate of drug-likeness (QED) is 0.287. The average molecular weight is 279 g/mol. The van der Waals surface area contributed by atoms with Crippen LogP contribution in [-0.2, 0) is 0 Å². The molecule has 0 aliphatic carbocycles. The van der Waals surface area contributed by atoms with Crippen LogP contribution in [0, 0.1) is 0 Å². The van der Waals surface area contributed by atoms with Crippen LogP contribution in [-0.4, -0.2) is 50.4 Å². The summed E-state index contributed by atoms with van der Waals surface area (Å²) in [6, 6.07) is 0. The number of aliphatic hydroxyl groups excluding tert-OH is 3. The minimum atomic E-state index is -0.616. The lowest BCUT2D eigenvalue weighted by Crippen LogP contribution is -2.16. The first kappa shape index (κ1) is 36.0. The lowest BCUT2D eigenvalue weighted by molar-refractivity contribution is 0.178. The second-order valence-corrected chi connectivity index (χ2v) is 2.93. The summed E-state index contributed by atoms with van der Waals surface area (Å²) < 4.78 is 0. The van der Waals surface area contributed by atoms with Gasteiger partial charge in [-0.1, -0.05) is 20.8 Å². The van der Waals surface area contributed by atoms with Gasteiger partial charge in [0.1, 0.15) is 18.7 Å². The molecule has 0 heterocycles. The van der Waals surface area contributed by atoms with Gasteiger partial charge >= 0.3 is 0 Å². The molecule has 9 nitrogen and oxygen atoms in total. The van der Waals surface area contributed by atoms with Crippen molar-refractivity contribution in [2.75, 3.05) is 0 Å². The summed E-state index contributed by atoms with van der Waals surface area (Å²) in [7, 11) is 0. The van der Waals surface area contributed by atoms with Crippen molar-refractivity contribution in [2.45, 2.75) is 58.7 Å². The Labute approximate surface area is 109 Å². The molecule has 3 unspecified atom stereocenters. The highest BCUT2D eigenvalue weighted by Crippen LogP contribution is 1.73. The molecule has 15 N–H and O–H groups in total. The first-order valence-electron chi connectivity index (χ1n) is 5.12. The predicted octanol–water partition coefficient (Wildman–Crippen LogP) is -3.45. The van der Waals surface area contributed by atoms with E-state index in [2.05, 4.69) is 0 Å². The smallest absolute Gasteiger partial charge is 0.102 e. The van der Waals surface area contributed by atoms with E-state index in [4.69, 9.17) is 32.5 Å². The van der Waals surface area contributed by atoms with Gasteiger partial charge in [0, 0.05) is 0 Å². The Bertz CT molecular complexity index is 87.3. The molecule has 0 saturated heterocycles. The first-order chi connectivity index (χ1) is 6.81. The van der Waals surface area contributed by atoms with E-state index in [1.165, 1.54) is 0 Å². The van der Waals surface area contributed by atoms with Crippen LogP contribution in [0.1, 0.15) is 40.0 Å². The van der Waals surface area contributed by atoms with Crippen LogP contribution in [0.5, 0.6) is 0 Å². The van der Waals surface area contributed by atoms with E-state index >= 15 is 0 Å². The standard InChI is InChI=1S/3C3H9NO.3H2O/c3*1-2-3(4)5;;;/h3*3,5H,2,4H2,1H3;3*1H2. The molecule has 0 saturated carbocycles. The lowest BCUT2D eigenvalue weighted by atomic mass is 10.5. The van der Waals surface area contributed by atoms with E-state index in [9.17, 15) is 0 Å². The van der Waals surface area contributed by atoms with Crippen molar-refractivity contribution in [3.63, 3.8) is 0 Å². The lowest BCUT2D eigenvalue weighted by Gasteiger charge is -1.91. The normalized spacial score (nSPS) is 12.5. The van der Waals surface area contributed by atoms with Gasteiger partial charge in [-0.25, -0.2) is 0 Å². The zero-order valence-electron chi connectivity index (χ0n) is 11.4. The molecule has 0 rings (SSSR count). The molecule has 0 spiro atoms. The van der Waals surface area contributed by atoms with Gasteiger partial charge in [-0.15, -0.1) is 0 Å². The number of nitrogens with two attached hydrogens (primary N) is 3. The monoisotopic (exact) mass is 279 g/mol. The topological polar surface area (TPSA) is 233 Å². The van der Waals surface area contributed by atoms with E-state index in [0.29, 0.717) is 19.3 Å². The third-order valence-corrected chi connectivity index (χ3v) is 1.25. The highest BCUT2D eigenvalue weighted by Gasteiger charge is 1.82.